The Morgan fingerprint density at radius 3 is 2.78 bits per heavy atom. The van der Waals surface area contributed by atoms with E-state index in [-0.39, 0.29) is 11.9 Å². The van der Waals surface area contributed by atoms with Crippen molar-refractivity contribution in [3.8, 4) is 11.1 Å². The van der Waals surface area contributed by atoms with E-state index in [9.17, 15) is 9.41 Å². The van der Waals surface area contributed by atoms with Crippen LogP contribution >= 0.6 is 0 Å². The topological polar surface area (TPSA) is 74.4 Å². The van der Waals surface area contributed by atoms with Gasteiger partial charge in [-0.2, -0.15) is 0 Å². The highest BCUT2D eigenvalue weighted by atomic mass is 19.1. The van der Waals surface area contributed by atoms with Crippen molar-refractivity contribution in [3.05, 3.63) is 54.0 Å². The second-order valence-corrected chi connectivity index (χ2v) is 7.21. The summed E-state index contributed by atoms with van der Waals surface area (Å²) in [5.41, 5.74) is 9.07. The minimum Gasteiger partial charge on any atom is -0.437 e. The molecule has 1 saturated heterocycles. The predicted octanol–water partition coefficient (Wildman–Crippen LogP) is 3.14. The molecule has 0 bridgehead atoms. The van der Waals surface area contributed by atoms with Crippen molar-refractivity contribution < 1.29 is 9.41 Å². The summed E-state index contributed by atoms with van der Waals surface area (Å²) in [4.78, 5) is 6.16. The highest BCUT2D eigenvalue weighted by Gasteiger charge is 2.31. The van der Waals surface area contributed by atoms with Gasteiger partial charge in [-0.1, -0.05) is 12.1 Å². The standard InChI is InChI=1S/C20H22BFN4O/c1-12-4-3-5-17(22)20(12)13-6-14-9-24-19(23)8-16(14)18(7-13)25-15-10-26(11-15)21(2)27/h3-9,15,25,27H,10-11H2,1-2H3,(H2,23,24). The predicted molar refractivity (Wildman–Crippen MR) is 109 cm³/mol. The summed E-state index contributed by atoms with van der Waals surface area (Å²) in [5, 5.41) is 15.0. The normalized spacial score (nSPS) is 15.0. The van der Waals surface area contributed by atoms with Gasteiger partial charge in [-0.15, -0.1) is 0 Å². The third-order valence-electron chi connectivity index (χ3n) is 5.17. The van der Waals surface area contributed by atoms with Gasteiger partial charge in [0.1, 0.15) is 11.6 Å². The summed E-state index contributed by atoms with van der Waals surface area (Å²) < 4.78 is 14.5. The van der Waals surface area contributed by atoms with Crippen LogP contribution in [0, 0.1) is 12.7 Å². The lowest BCUT2D eigenvalue weighted by Crippen LogP contribution is -2.59. The molecule has 27 heavy (non-hydrogen) atoms. The number of hydrogen-bond acceptors (Lipinski definition) is 5. The molecular weight excluding hydrogens is 342 g/mol. The van der Waals surface area contributed by atoms with Crippen LogP contribution in [0.15, 0.2) is 42.6 Å². The van der Waals surface area contributed by atoms with Gasteiger partial charge in [-0.25, -0.2) is 9.37 Å². The van der Waals surface area contributed by atoms with Gasteiger partial charge in [0, 0.05) is 47.4 Å². The van der Waals surface area contributed by atoms with E-state index in [0.717, 1.165) is 40.7 Å². The van der Waals surface area contributed by atoms with E-state index >= 15 is 0 Å². The van der Waals surface area contributed by atoms with Gasteiger partial charge in [-0.3, -0.25) is 0 Å². The fourth-order valence-electron chi connectivity index (χ4n) is 3.66. The molecule has 0 aliphatic carbocycles. The quantitative estimate of drug-likeness (QED) is 0.621. The minimum atomic E-state index is -0.452. The highest BCUT2D eigenvalue weighted by Crippen LogP contribution is 2.35. The number of aromatic nitrogens is 1. The number of hydrogen-bond donors (Lipinski definition) is 3. The van der Waals surface area contributed by atoms with E-state index < -0.39 is 7.05 Å². The minimum absolute atomic E-state index is 0.217. The van der Waals surface area contributed by atoms with Crippen molar-refractivity contribution in [1.29, 1.82) is 0 Å². The number of benzene rings is 2. The molecule has 0 radical (unpaired) electrons. The van der Waals surface area contributed by atoms with Crippen LogP contribution in [0.1, 0.15) is 5.56 Å². The number of pyridine rings is 1. The Bertz CT molecular complexity index is 984. The molecule has 0 spiro atoms. The first-order chi connectivity index (χ1) is 12.9. The molecule has 2 aromatic carbocycles. The lowest BCUT2D eigenvalue weighted by molar-refractivity contribution is 0.248. The Kier molecular flexibility index (Phi) is 4.49. The number of halogens is 1. The van der Waals surface area contributed by atoms with Crippen molar-refractivity contribution in [2.45, 2.75) is 19.8 Å². The first-order valence-corrected chi connectivity index (χ1v) is 9.06. The number of rotatable bonds is 4. The van der Waals surface area contributed by atoms with E-state index in [0.29, 0.717) is 11.4 Å². The van der Waals surface area contributed by atoms with Crippen molar-refractivity contribution in [2.24, 2.45) is 0 Å². The Balaban J connectivity index is 1.78. The van der Waals surface area contributed by atoms with Crippen molar-refractivity contribution in [1.82, 2.24) is 9.79 Å². The molecule has 0 atom stereocenters. The van der Waals surface area contributed by atoms with Gasteiger partial charge in [-0.05, 0) is 49.1 Å². The summed E-state index contributed by atoms with van der Waals surface area (Å²) in [6.07, 6.45) is 1.72. The van der Waals surface area contributed by atoms with E-state index in [1.165, 1.54) is 6.07 Å². The number of fused-ring (bicyclic) bond motifs is 1. The van der Waals surface area contributed by atoms with Crippen LogP contribution in [-0.4, -0.2) is 41.0 Å². The number of anilines is 2. The fourth-order valence-corrected chi connectivity index (χ4v) is 3.66. The van der Waals surface area contributed by atoms with Crippen molar-refractivity contribution >= 4 is 29.3 Å². The zero-order chi connectivity index (χ0) is 19.1. The largest absolute Gasteiger partial charge is 0.437 e. The molecule has 1 aliphatic heterocycles. The number of nitrogens with zero attached hydrogens (tertiary/aromatic N) is 2. The second kappa shape index (κ2) is 6.83. The van der Waals surface area contributed by atoms with Crippen LogP contribution in [0.5, 0.6) is 0 Å². The molecule has 138 valence electrons. The van der Waals surface area contributed by atoms with Crippen LogP contribution < -0.4 is 11.1 Å². The zero-order valence-electron chi connectivity index (χ0n) is 15.4. The molecule has 1 aromatic heterocycles. The lowest BCUT2D eigenvalue weighted by Gasteiger charge is -2.41. The Labute approximate surface area is 158 Å². The molecule has 7 heteroatoms. The van der Waals surface area contributed by atoms with Gasteiger partial charge in [0.2, 0.25) is 0 Å². The molecule has 2 heterocycles. The molecule has 4 rings (SSSR count). The van der Waals surface area contributed by atoms with Crippen LogP contribution in [-0.2, 0) is 0 Å². The van der Waals surface area contributed by atoms with Gasteiger partial charge >= 0.3 is 7.05 Å². The number of aryl methyl sites for hydroxylation is 1. The maximum Gasteiger partial charge on any atom is 0.376 e. The Hall–Kier alpha value is -2.64. The zero-order valence-corrected chi connectivity index (χ0v) is 15.4. The van der Waals surface area contributed by atoms with Crippen LogP contribution in [0.3, 0.4) is 0 Å². The lowest BCUT2D eigenvalue weighted by atomic mass is 9.80. The van der Waals surface area contributed by atoms with Gasteiger partial charge < -0.3 is 20.9 Å². The van der Waals surface area contributed by atoms with Crippen molar-refractivity contribution in [2.75, 3.05) is 24.1 Å². The molecule has 0 amide bonds. The maximum atomic E-state index is 14.5. The molecular formula is C20H22BFN4O. The van der Waals surface area contributed by atoms with E-state index in [1.54, 1.807) is 19.1 Å². The van der Waals surface area contributed by atoms with Crippen LogP contribution in [0.2, 0.25) is 6.82 Å². The average Bonchev–Trinajstić information content (AvgIpc) is 2.57. The van der Waals surface area contributed by atoms with Gasteiger partial charge in [0.25, 0.3) is 0 Å². The summed E-state index contributed by atoms with van der Waals surface area (Å²) in [6, 6.07) is 11.1. The summed E-state index contributed by atoms with van der Waals surface area (Å²) >= 11 is 0. The Morgan fingerprint density at radius 1 is 1.30 bits per heavy atom. The first kappa shape index (κ1) is 17.8. The molecule has 1 aliphatic rings. The molecule has 0 unspecified atom stereocenters. The van der Waals surface area contributed by atoms with Gasteiger partial charge in [0.05, 0.1) is 0 Å². The maximum absolute atomic E-state index is 14.5. The summed E-state index contributed by atoms with van der Waals surface area (Å²) in [5.74, 6) is 0.201. The number of nitrogens with one attached hydrogen (secondary N) is 1. The molecule has 5 nitrogen and oxygen atoms in total. The SMILES string of the molecule is CB(O)N1CC(Nc2cc(-c3c(C)cccc3F)cc3cnc(N)cc23)C1. The number of nitrogens with two attached hydrogens (primary N) is 1. The van der Waals surface area contributed by atoms with Gasteiger partial charge in [0.15, 0.2) is 0 Å². The summed E-state index contributed by atoms with van der Waals surface area (Å²) in [7, 11) is -0.452. The molecule has 3 aromatic rings. The monoisotopic (exact) mass is 364 g/mol. The molecule has 4 N–H and O–H groups in total. The first-order valence-electron chi connectivity index (χ1n) is 9.06. The fraction of sp³-hybridized carbons (Fsp3) is 0.250. The van der Waals surface area contributed by atoms with Crippen LogP contribution in [0.4, 0.5) is 15.9 Å². The smallest absolute Gasteiger partial charge is 0.376 e. The third-order valence-corrected chi connectivity index (χ3v) is 5.17. The van der Waals surface area contributed by atoms with E-state index in [2.05, 4.69) is 10.3 Å². The second-order valence-electron chi connectivity index (χ2n) is 7.21. The van der Waals surface area contributed by atoms with Crippen molar-refractivity contribution in [3.63, 3.8) is 0 Å². The highest BCUT2D eigenvalue weighted by molar-refractivity contribution is 6.45. The molecule has 1 fully saturated rings. The Morgan fingerprint density at radius 2 is 2.07 bits per heavy atom. The summed E-state index contributed by atoms with van der Waals surface area (Å²) in [6.45, 7) is 5.17. The van der Waals surface area contributed by atoms with E-state index in [1.807, 2.05) is 36.0 Å². The van der Waals surface area contributed by atoms with E-state index in [4.69, 9.17) is 5.73 Å². The molecule has 0 saturated carbocycles. The average molecular weight is 364 g/mol. The number of nitrogen functional groups attached to an aromatic ring is 1. The third kappa shape index (κ3) is 3.36. The van der Waals surface area contributed by atoms with Crippen LogP contribution in [0.25, 0.3) is 21.9 Å².